The summed E-state index contributed by atoms with van der Waals surface area (Å²) in [6.45, 7) is 8.21. The van der Waals surface area contributed by atoms with Gasteiger partial charge >= 0.3 is 0 Å². The molecule has 0 amide bonds. The monoisotopic (exact) mass is 446 g/mol. The van der Waals surface area contributed by atoms with Gasteiger partial charge in [0.1, 0.15) is 5.82 Å². The third kappa shape index (κ3) is 5.09. The van der Waals surface area contributed by atoms with E-state index < -0.39 is 0 Å². The molecule has 0 saturated carbocycles. The zero-order valence-corrected chi connectivity index (χ0v) is 19.1. The van der Waals surface area contributed by atoms with Gasteiger partial charge in [0.15, 0.2) is 0 Å². The molecule has 9 heteroatoms. The Morgan fingerprint density at radius 2 is 1.94 bits per heavy atom. The normalized spacial score (nSPS) is 15.4. The van der Waals surface area contributed by atoms with Crippen LogP contribution in [0.1, 0.15) is 30.8 Å². The lowest BCUT2D eigenvalue weighted by Crippen LogP contribution is -2.46. The summed E-state index contributed by atoms with van der Waals surface area (Å²) in [7, 11) is 0. The number of nitrogens with zero attached hydrogens (tertiary/aromatic N) is 5. The van der Waals surface area contributed by atoms with Gasteiger partial charge < -0.3 is 15.7 Å². The van der Waals surface area contributed by atoms with Crippen molar-refractivity contribution in [3.63, 3.8) is 0 Å². The average molecular weight is 447 g/mol. The number of fused-ring (bicyclic) bond motifs is 1. The topological polar surface area (TPSA) is 127 Å². The standard InChI is InChI=1S/C24H30N8O/c1-16(2)13-17-7-8-19(23(29-25)30-26)21(14-17)32-11-9-31(10-12-32)15-22-27-20-6-4-3-5-18(20)24(33)28-22/h3-8,14,16,25H,9-13,15,26H2,1-2H3,(H,27,28,33)/b29-25?,30-23-. The van der Waals surface area contributed by atoms with Crippen LogP contribution < -0.4 is 16.3 Å². The van der Waals surface area contributed by atoms with Crippen molar-refractivity contribution in [3.8, 4) is 0 Å². The number of benzene rings is 2. The fourth-order valence-electron chi connectivity index (χ4n) is 4.35. The van der Waals surface area contributed by atoms with Gasteiger partial charge in [-0.2, -0.15) is 5.10 Å². The Hall–Kier alpha value is -3.59. The average Bonchev–Trinajstić information content (AvgIpc) is 2.81. The van der Waals surface area contributed by atoms with Crippen LogP contribution in [0.25, 0.3) is 10.9 Å². The van der Waals surface area contributed by atoms with E-state index in [-0.39, 0.29) is 11.4 Å². The van der Waals surface area contributed by atoms with Crippen molar-refractivity contribution in [2.75, 3.05) is 31.1 Å². The zero-order valence-electron chi connectivity index (χ0n) is 19.1. The molecule has 0 radical (unpaired) electrons. The quantitative estimate of drug-likeness (QED) is 0.176. The molecule has 2 heterocycles. The number of piperazine rings is 1. The van der Waals surface area contributed by atoms with E-state index in [0.717, 1.165) is 43.9 Å². The van der Waals surface area contributed by atoms with E-state index >= 15 is 0 Å². The number of para-hydroxylation sites is 1. The fourth-order valence-corrected chi connectivity index (χ4v) is 4.35. The van der Waals surface area contributed by atoms with Gasteiger partial charge in [0.2, 0.25) is 5.84 Å². The SMILES string of the molecule is CC(C)Cc1ccc(/C(N=N)=N/N)c(N2CCN(Cc3nc4ccccc4c(=O)[nH]3)CC2)c1. The number of nitrogens with two attached hydrogens (primary N) is 1. The van der Waals surface area contributed by atoms with Gasteiger partial charge in [-0.3, -0.25) is 9.69 Å². The number of amidine groups is 1. The Bertz CT molecular complexity index is 1220. The third-order valence-corrected chi connectivity index (χ3v) is 5.92. The smallest absolute Gasteiger partial charge is 0.258 e. The third-order valence-electron chi connectivity index (χ3n) is 5.92. The Labute approximate surface area is 192 Å². The molecule has 1 fully saturated rings. The number of aromatic nitrogens is 2. The predicted molar refractivity (Wildman–Crippen MR) is 131 cm³/mol. The van der Waals surface area contributed by atoms with Crippen LogP contribution >= 0.6 is 0 Å². The number of hydrogen-bond acceptors (Lipinski definition) is 7. The first-order valence-electron chi connectivity index (χ1n) is 11.2. The highest BCUT2D eigenvalue weighted by atomic mass is 16.1. The van der Waals surface area contributed by atoms with Gasteiger partial charge in [-0.25, -0.2) is 10.5 Å². The van der Waals surface area contributed by atoms with E-state index in [0.29, 0.717) is 29.2 Å². The summed E-state index contributed by atoms with van der Waals surface area (Å²) in [5.41, 5.74) is 11.1. The predicted octanol–water partition coefficient (Wildman–Crippen LogP) is 3.10. The molecule has 0 aliphatic carbocycles. The van der Waals surface area contributed by atoms with Gasteiger partial charge in [0.25, 0.3) is 5.56 Å². The number of rotatable bonds is 6. The molecule has 33 heavy (non-hydrogen) atoms. The largest absolute Gasteiger partial charge is 0.368 e. The molecule has 3 aromatic rings. The van der Waals surface area contributed by atoms with Crippen LogP contribution in [0, 0.1) is 11.4 Å². The van der Waals surface area contributed by atoms with Gasteiger partial charge in [0.05, 0.1) is 17.4 Å². The van der Waals surface area contributed by atoms with E-state index in [9.17, 15) is 4.79 Å². The first-order valence-corrected chi connectivity index (χ1v) is 11.2. The number of hydrazone groups is 1. The minimum Gasteiger partial charge on any atom is -0.368 e. The lowest BCUT2D eigenvalue weighted by atomic mass is 9.99. The molecule has 0 unspecified atom stereocenters. The molecule has 9 nitrogen and oxygen atoms in total. The van der Waals surface area contributed by atoms with Crippen molar-refractivity contribution >= 4 is 22.4 Å². The van der Waals surface area contributed by atoms with Crippen molar-refractivity contribution < 1.29 is 0 Å². The van der Waals surface area contributed by atoms with Crippen molar-refractivity contribution in [3.05, 3.63) is 69.8 Å². The number of hydrogen-bond donors (Lipinski definition) is 3. The number of anilines is 1. The van der Waals surface area contributed by atoms with E-state index in [2.05, 4.69) is 56.0 Å². The van der Waals surface area contributed by atoms with Gasteiger partial charge in [0, 0.05) is 37.4 Å². The molecule has 0 atom stereocenters. The van der Waals surface area contributed by atoms with Crippen LogP contribution in [0.4, 0.5) is 5.69 Å². The molecular weight excluding hydrogens is 416 g/mol. The van der Waals surface area contributed by atoms with Gasteiger partial charge in [-0.15, -0.1) is 5.11 Å². The number of nitrogens with one attached hydrogen (secondary N) is 2. The second kappa shape index (κ2) is 9.91. The number of aromatic amines is 1. The molecule has 2 aromatic carbocycles. The molecule has 0 spiro atoms. The summed E-state index contributed by atoms with van der Waals surface area (Å²) in [6, 6.07) is 13.6. The van der Waals surface area contributed by atoms with Crippen molar-refractivity contribution in [2.24, 2.45) is 22.0 Å². The summed E-state index contributed by atoms with van der Waals surface area (Å²) in [5.74, 6) is 6.95. The Balaban J connectivity index is 1.51. The summed E-state index contributed by atoms with van der Waals surface area (Å²) >= 11 is 0. The van der Waals surface area contributed by atoms with Crippen LogP contribution in [-0.2, 0) is 13.0 Å². The lowest BCUT2D eigenvalue weighted by molar-refractivity contribution is 0.244. The van der Waals surface area contributed by atoms with Crippen LogP contribution in [0.2, 0.25) is 0 Å². The highest BCUT2D eigenvalue weighted by Crippen LogP contribution is 2.26. The maximum Gasteiger partial charge on any atom is 0.258 e. The molecule has 0 bridgehead atoms. The molecule has 1 saturated heterocycles. The van der Waals surface area contributed by atoms with Crippen LogP contribution in [0.15, 0.2) is 57.5 Å². The first-order chi connectivity index (χ1) is 16.0. The summed E-state index contributed by atoms with van der Waals surface area (Å²) in [6.07, 6.45) is 0.974. The summed E-state index contributed by atoms with van der Waals surface area (Å²) in [4.78, 5) is 24.5. The minimum atomic E-state index is -0.103. The van der Waals surface area contributed by atoms with Crippen molar-refractivity contribution in [1.82, 2.24) is 14.9 Å². The molecule has 1 aliphatic heterocycles. The van der Waals surface area contributed by atoms with Crippen LogP contribution in [0.3, 0.4) is 0 Å². The Kier molecular flexibility index (Phi) is 6.79. The molecular formula is C24H30N8O. The maximum absolute atomic E-state index is 12.4. The van der Waals surface area contributed by atoms with E-state index in [1.54, 1.807) is 6.07 Å². The van der Waals surface area contributed by atoms with E-state index in [1.165, 1.54) is 5.56 Å². The van der Waals surface area contributed by atoms with Crippen molar-refractivity contribution in [1.29, 1.82) is 5.53 Å². The minimum absolute atomic E-state index is 0.103. The second-order valence-electron chi connectivity index (χ2n) is 8.81. The highest BCUT2D eigenvalue weighted by molar-refractivity contribution is 6.03. The second-order valence-corrected chi connectivity index (χ2v) is 8.81. The zero-order chi connectivity index (χ0) is 23.4. The fraction of sp³-hybridized carbons (Fsp3) is 0.375. The Morgan fingerprint density at radius 1 is 1.18 bits per heavy atom. The lowest BCUT2D eigenvalue weighted by Gasteiger charge is -2.36. The van der Waals surface area contributed by atoms with Crippen LogP contribution in [-0.4, -0.2) is 46.9 Å². The van der Waals surface area contributed by atoms with Gasteiger partial charge in [-0.05, 0) is 42.2 Å². The first kappa shape index (κ1) is 22.6. The summed E-state index contributed by atoms with van der Waals surface area (Å²) in [5, 5.41) is 7.84. The summed E-state index contributed by atoms with van der Waals surface area (Å²) < 4.78 is 0. The van der Waals surface area contributed by atoms with Gasteiger partial charge in [-0.1, -0.05) is 32.0 Å². The van der Waals surface area contributed by atoms with E-state index in [1.807, 2.05) is 24.3 Å². The molecule has 1 aliphatic rings. The van der Waals surface area contributed by atoms with Crippen LogP contribution in [0.5, 0.6) is 0 Å². The molecule has 172 valence electrons. The molecule has 1 aromatic heterocycles. The molecule has 4 N–H and O–H groups in total. The number of H-pyrrole nitrogens is 1. The van der Waals surface area contributed by atoms with E-state index in [4.69, 9.17) is 11.4 Å². The Morgan fingerprint density at radius 3 is 2.64 bits per heavy atom. The van der Waals surface area contributed by atoms with Crippen molar-refractivity contribution in [2.45, 2.75) is 26.8 Å². The highest BCUT2D eigenvalue weighted by Gasteiger charge is 2.22. The molecule has 4 rings (SSSR count). The maximum atomic E-state index is 12.4.